The van der Waals surface area contributed by atoms with E-state index in [-0.39, 0.29) is 13.4 Å². The van der Waals surface area contributed by atoms with Crippen LogP contribution in [0.4, 0.5) is 11.4 Å². The quantitative estimate of drug-likeness (QED) is 0.144. The number of benzene rings is 2. The molecule has 0 bridgehead atoms. The normalized spacial score (nSPS) is 24.6. The average molecular weight is 481 g/mol. The van der Waals surface area contributed by atoms with Crippen LogP contribution >= 0.6 is 0 Å². The van der Waals surface area contributed by atoms with Gasteiger partial charge in [-0.3, -0.25) is 0 Å². The number of nitrogens with two attached hydrogens (primary N) is 2. The van der Waals surface area contributed by atoms with Crippen LogP contribution in [0.15, 0.2) is 42.5 Å². The Bertz CT molecular complexity index is 925. The van der Waals surface area contributed by atoms with Gasteiger partial charge >= 0.3 is 5.97 Å². The number of ether oxygens (including phenoxy) is 3. The SMILES string of the molecule is CCC1CCC(C2CCC(c3ccc(OC(=O)COCOc4cc(N)cc(N)c4)cc3)CC2)CC1. The van der Waals surface area contributed by atoms with E-state index < -0.39 is 5.97 Å². The number of carbonyl (C=O) groups is 1. The van der Waals surface area contributed by atoms with Crippen LogP contribution in [0.5, 0.6) is 11.5 Å². The molecule has 0 heterocycles. The minimum atomic E-state index is -0.466. The van der Waals surface area contributed by atoms with E-state index >= 15 is 0 Å². The molecule has 35 heavy (non-hydrogen) atoms. The van der Waals surface area contributed by atoms with E-state index in [0.717, 1.165) is 17.8 Å². The van der Waals surface area contributed by atoms with Gasteiger partial charge in [-0.2, -0.15) is 0 Å². The van der Waals surface area contributed by atoms with Gasteiger partial charge in [-0.25, -0.2) is 4.79 Å². The van der Waals surface area contributed by atoms with Crippen molar-refractivity contribution in [3.05, 3.63) is 48.0 Å². The van der Waals surface area contributed by atoms with Crippen molar-refractivity contribution in [3.63, 3.8) is 0 Å². The van der Waals surface area contributed by atoms with Gasteiger partial charge in [-0.1, -0.05) is 38.3 Å². The number of carbonyl (C=O) groups excluding carboxylic acids is 1. The number of hydrogen-bond acceptors (Lipinski definition) is 6. The van der Waals surface area contributed by atoms with Gasteiger partial charge in [0.25, 0.3) is 0 Å². The lowest BCUT2D eigenvalue weighted by atomic mass is 9.68. The van der Waals surface area contributed by atoms with E-state index in [2.05, 4.69) is 19.1 Å². The zero-order chi connectivity index (χ0) is 24.6. The average Bonchev–Trinajstić information content (AvgIpc) is 2.87. The molecule has 2 saturated carbocycles. The van der Waals surface area contributed by atoms with Crippen molar-refractivity contribution in [1.82, 2.24) is 0 Å². The summed E-state index contributed by atoms with van der Waals surface area (Å²) in [6.45, 7) is 2.04. The van der Waals surface area contributed by atoms with Gasteiger partial charge in [-0.15, -0.1) is 0 Å². The number of rotatable bonds is 9. The molecule has 2 aromatic rings. The summed E-state index contributed by atoms with van der Waals surface area (Å²) in [6, 6.07) is 12.9. The highest BCUT2D eigenvalue weighted by Gasteiger charge is 2.30. The van der Waals surface area contributed by atoms with E-state index in [1.807, 2.05) is 12.1 Å². The Balaban J connectivity index is 1.15. The van der Waals surface area contributed by atoms with Crippen molar-refractivity contribution in [3.8, 4) is 11.5 Å². The van der Waals surface area contributed by atoms with Crippen LogP contribution in [0.2, 0.25) is 0 Å². The van der Waals surface area contributed by atoms with Crippen LogP contribution in [0.25, 0.3) is 0 Å². The summed E-state index contributed by atoms with van der Waals surface area (Å²) in [4.78, 5) is 12.1. The van der Waals surface area contributed by atoms with Crippen molar-refractivity contribution in [2.24, 2.45) is 17.8 Å². The van der Waals surface area contributed by atoms with Crippen LogP contribution in [0, 0.1) is 17.8 Å². The first kappa shape index (κ1) is 25.4. The lowest BCUT2D eigenvalue weighted by Crippen LogP contribution is -2.25. The molecule has 0 saturated heterocycles. The molecule has 0 radical (unpaired) electrons. The van der Waals surface area contributed by atoms with Crippen molar-refractivity contribution < 1.29 is 19.0 Å². The largest absolute Gasteiger partial charge is 0.467 e. The Kier molecular flexibility index (Phi) is 8.91. The Morgan fingerprint density at radius 2 is 1.43 bits per heavy atom. The maximum atomic E-state index is 12.1. The predicted octanol–water partition coefficient (Wildman–Crippen LogP) is 6.30. The minimum absolute atomic E-state index is 0.0976. The van der Waals surface area contributed by atoms with Crippen molar-refractivity contribution in [2.45, 2.75) is 70.6 Å². The summed E-state index contributed by atoms with van der Waals surface area (Å²) in [6.07, 6.45) is 12.4. The fraction of sp³-hybridized carbons (Fsp3) is 0.552. The summed E-state index contributed by atoms with van der Waals surface area (Å²) in [5.74, 6) is 4.03. The molecule has 4 rings (SSSR count). The second-order valence-electron chi connectivity index (χ2n) is 10.3. The fourth-order valence-corrected chi connectivity index (χ4v) is 5.92. The molecular formula is C29H40N2O4. The Hall–Kier alpha value is -2.73. The molecule has 0 spiro atoms. The topological polar surface area (TPSA) is 96.8 Å². The molecule has 0 aromatic heterocycles. The molecule has 2 fully saturated rings. The van der Waals surface area contributed by atoms with E-state index in [1.54, 1.807) is 18.2 Å². The van der Waals surface area contributed by atoms with E-state index in [9.17, 15) is 4.79 Å². The molecule has 6 heteroatoms. The van der Waals surface area contributed by atoms with Crippen LogP contribution in [-0.2, 0) is 9.53 Å². The van der Waals surface area contributed by atoms with Crippen LogP contribution in [0.1, 0.15) is 76.2 Å². The maximum absolute atomic E-state index is 12.1. The third-order valence-electron chi connectivity index (χ3n) is 7.97. The van der Waals surface area contributed by atoms with E-state index in [1.165, 1.54) is 63.4 Å². The second-order valence-corrected chi connectivity index (χ2v) is 10.3. The van der Waals surface area contributed by atoms with Crippen LogP contribution in [-0.4, -0.2) is 19.4 Å². The smallest absolute Gasteiger partial charge is 0.337 e. The first-order valence-electron chi connectivity index (χ1n) is 13.2. The molecule has 4 N–H and O–H groups in total. The monoisotopic (exact) mass is 480 g/mol. The first-order valence-corrected chi connectivity index (χ1v) is 13.2. The van der Waals surface area contributed by atoms with E-state index in [0.29, 0.717) is 28.8 Å². The molecule has 2 aliphatic carbocycles. The molecule has 0 unspecified atom stereocenters. The van der Waals surface area contributed by atoms with Gasteiger partial charge in [0.05, 0.1) is 0 Å². The third kappa shape index (κ3) is 7.38. The summed E-state index contributed by atoms with van der Waals surface area (Å²) in [5.41, 5.74) is 13.8. The van der Waals surface area contributed by atoms with Crippen LogP contribution in [0.3, 0.4) is 0 Å². The van der Waals surface area contributed by atoms with Gasteiger partial charge in [0.15, 0.2) is 6.79 Å². The molecule has 2 aliphatic rings. The Labute approximate surface area is 209 Å². The molecule has 190 valence electrons. The standard InChI is InChI=1S/C29H40N2O4/c1-2-20-3-5-21(6-4-20)22-7-9-23(10-8-22)24-11-13-27(14-12-24)35-29(32)18-33-19-34-28-16-25(30)15-26(31)17-28/h11-17,20-23H,2-10,18-19,30-31H2,1H3. The van der Waals surface area contributed by atoms with Gasteiger partial charge in [-0.05, 0) is 86.0 Å². The van der Waals surface area contributed by atoms with Gasteiger partial charge in [0.2, 0.25) is 0 Å². The Morgan fingerprint density at radius 1 is 0.829 bits per heavy atom. The lowest BCUT2D eigenvalue weighted by Gasteiger charge is -2.38. The number of anilines is 2. The van der Waals surface area contributed by atoms with Crippen LogP contribution < -0.4 is 20.9 Å². The first-order chi connectivity index (χ1) is 17.0. The van der Waals surface area contributed by atoms with Gasteiger partial charge < -0.3 is 25.7 Å². The predicted molar refractivity (Wildman–Crippen MR) is 139 cm³/mol. The van der Waals surface area contributed by atoms with Crippen molar-refractivity contribution >= 4 is 17.3 Å². The second kappa shape index (κ2) is 12.3. The number of hydrogen-bond donors (Lipinski definition) is 2. The highest BCUT2D eigenvalue weighted by Crippen LogP contribution is 2.44. The summed E-state index contributed by atoms with van der Waals surface area (Å²) in [5, 5.41) is 0. The fourth-order valence-electron chi connectivity index (χ4n) is 5.92. The minimum Gasteiger partial charge on any atom is -0.467 e. The highest BCUT2D eigenvalue weighted by molar-refractivity contribution is 5.73. The Morgan fingerprint density at radius 3 is 2.03 bits per heavy atom. The molecule has 2 aromatic carbocycles. The lowest BCUT2D eigenvalue weighted by molar-refractivity contribution is -0.142. The summed E-state index contributed by atoms with van der Waals surface area (Å²) < 4.78 is 16.1. The van der Waals surface area contributed by atoms with Crippen molar-refractivity contribution in [1.29, 1.82) is 0 Å². The van der Waals surface area contributed by atoms with E-state index in [4.69, 9.17) is 25.7 Å². The highest BCUT2D eigenvalue weighted by atomic mass is 16.7. The summed E-state index contributed by atoms with van der Waals surface area (Å²) in [7, 11) is 0. The molecule has 6 nitrogen and oxygen atoms in total. The summed E-state index contributed by atoms with van der Waals surface area (Å²) >= 11 is 0. The zero-order valence-corrected chi connectivity index (χ0v) is 20.9. The number of esters is 1. The molecule has 0 amide bonds. The number of nitrogen functional groups attached to an aromatic ring is 2. The third-order valence-corrected chi connectivity index (χ3v) is 7.97. The van der Waals surface area contributed by atoms with Gasteiger partial charge in [0, 0.05) is 23.5 Å². The molecular weight excluding hydrogens is 440 g/mol. The zero-order valence-electron chi connectivity index (χ0n) is 20.9. The van der Waals surface area contributed by atoms with Crippen molar-refractivity contribution in [2.75, 3.05) is 24.9 Å². The molecule has 0 aliphatic heterocycles. The van der Waals surface area contributed by atoms with Gasteiger partial charge in [0.1, 0.15) is 18.1 Å². The maximum Gasteiger partial charge on any atom is 0.337 e. The molecule has 0 atom stereocenters.